The Hall–Kier alpha value is -3.48. The zero-order chi connectivity index (χ0) is 21.9. The Balaban J connectivity index is 1.41. The molecule has 2 heterocycles. The molecule has 0 fully saturated rings. The first-order valence-electron chi connectivity index (χ1n) is 10.0. The quantitative estimate of drug-likeness (QED) is 0.307. The number of carbonyl (C=O) groups excluding carboxylic acids is 1. The van der Waals surface area contributed by atoms with E-state index in [2.05, 4.69) is 9.97 Å². The van der Waals surface area contributed by atoms with Crippen molar-refractivity contribution in [1.29, 1.82) is 0 Å². The van der Waals surface area contributed by atoms with Gasteiger partial charge in [-0.05, 0) is 46.7 Å². The number of thiazole rings is 1. The van der Waals surface area contributed by atoms with E-state index in [1.807, 2.05) is 66.7 Å². The van der Waals surface area contributed by atoms with Crippen molar-refractivity contribution in [3.63, 3.8) is 0 Å². The number of hydrogen-bond donors (Lipinski definition) is 0. The fraction of sp³-hybridized carbons (Fsp3) is 0.0800. The van der Waals surface area contributed by atoms with E-state index in [9.17, 15) is 4.79 Å². The van der Waals surface area contributed by atoms with Crippen LogP contribution in [0.15, 0.2) is 85.2 Å². The van der Waals surface area contributed by atoms with E-state index in [4.69, 9.17) is 16.3 Å². The number of hydrogen-bond acceptors (Lipinski definition) is 5. The minimum atomic E-state index is -0.197. The summed E-state index contributed by atoms with van der Waals surface area (Å²) in [4.78, 5) is 23.7. The number of rotatable bonds is 6. The van der Waals surface area contributed by atoms with E-state index < -0.39 is 0 Å². The van der Waals surface area contributed by atoms with Gasteiger partial charge in [-0.1, -0.05) is 65.4 Å². The van der Waals surface area contributed by atoms with Gasteiger partial charge in [-0.15, -0.1) is 0 Å². The SMILES string of the molecule is O=C(COc1ccc2ccccc2c1)N(Cc1cccnc1)c1nc2c(Cl)cccc2s1. The van der Waals surface area contributed by atoms with Gasteiger partial charge in [0.2, 0.25) is 0 Å². The molecule has 0 unspecified atom stereocenters. The summed E-state index contributed by atoms with van der Waals surface area (Å²) in [7, 11) is 0. The average Bonchev–Trinajstić information content (AvgIpc) is 3.27. The maximum absolute atomic E-state index is 13.3. The summed E-state index contributed by atoms with van der Waals surface area (Å²) in [6.07, 6.45) is 3.45. The lowest BCUT2D eigenvalue weighted by Crippen LogP contribution is -2.34. The number of para-hydroxylation sites is 1. The molecule has 1 amide bonds. The highest BCUT2D eigenvalue weighted by Gasteiger charge is 2.21. The maximum Gasteiger partial charge on any atom is 0.267 e. The molecule has 3 aromatic carbocycles. The van der Waals surface area contributed by atoms with Crippen LogP contribution in [0.4, 0.5) is 5.13 Å². The third-order valence-electron chi connectivity index (χ3n) is 5.04. The van der Waals surface area contributed by atoms with Crippen molar-refractivity contribution >= 4 is 55.0 Å². The van der Waals surface area contributed by atoms with Crippen molar-refractivity contribution < 1.29 is 9.53 Å². The average molecular weight is 460 g/mol. The van der Waals surface area contributed by atoms with E-state index in [1.54, 1.807) is 23.4 Å². The van der Waals surface area contributed by atoms with Crippen molar-refractivity contribution in [3.8, 4) is 5.75 Å². The van der Waals surface area contributed by atoms with Gasteiger partial charge in [-0.3, -0.25) is 14.7 Å². The van der Waals surface area contributed by atoms with Crippen LogP contribution in [0.25, 0.3) is 21.0 Å². The van der Waals surface area contributed by atoms with Crippen LogP contribution in [-0.4, -0.2) is 22.5 Å². The largest absolute Gasteiger partial charge is 0.484 e. The first kappa shape index (κ1) is 20.4. The monoisotopic (exact) mass is 459 g/mol. The smallest absolute Gasteiger partial charge is 0.267 e. The Kier molecular flexibility index (Phi) is 5.71. The molecule has 7 heteroatoms. The number of halogens is 1. The lowest BCUT2D eigenvalue weighted by Gasteiger charge is -2.20. The molecule has 158 valence electrons. The van der Waals surface area contributed by atoms with Gasteiger partial charge in [-0.25, -0.2) is 4.98 Å². The highest BCUT2D eigenvalue weighted by Crippen LogP contribution is 2.33. The number of fused-ring (bicyclic) bond motifs is 2. The Bertz CT molecular complexity index is 1400. The summed E-state index contributed by atoms with van der Waals surface area (Å²) in [5.74, 6) is 0.447. The minimum absolute atomic E-state index is 0.109. The van der Waals surface area contributed by atoms with Crippen molar-refractivity contribution in [2.45, 2.75) is 6.54 Å². The molecule has 0 aliphatic carbocycles. The number of ether oxygens (including phenoxy) is 1. The normalized spacial score (nSPS) is 11.0. The summed E-state index contributed by atoms with van der Waals surface area (Å²) in [5.41, 5.74) is 1.59. The molecule has 0 aliphatic heterocycles. The highest BCUT2D eigenvalue weighted by atomic mass is 35.5. The molecule has 0 saturated carbocycles. The third kappa shape index (κ3) is 4.28. The Labute approximate surface area is 193 Å². The first-order valence-corrected chi connectivity index (χ1v) is 11.2. The van der Waals surface area contributed by atoms with Crippen LogP contribution in [0.1, 0.15) is 5.56 Å². The van der Waals surface area contributed by atoms with Gasteiger partial charge in [0.15, 0.2) is 11.7 Å². The number of pyridine rings is 1. The Morgan fingerprint density at radius 2 is 1.88 bits per heavy atom. The molecule has 0 radical (unpaired) electrons. The fourth-order valence-electron chi connectivity index (χ4n) is 3.44. The standard InChI is InChI=1S/C25H18ClN3O2S/c26-21-8-3-9-22-24(21)28-25(32-22)29(15-17-5-4-12-27-14-17)23(30)16-31-20-11-10-18-6-1-2-7-19(18)13-20/h1-14H,15-16H2. The fourth-order valence-corrected chi connectivity index (χ4v) is 4.72. The van der Waals surface area contributed by atoms with Gasteiger partial charge in [-0.2, -0.15) is 0 Å². The van der Waals surface area contributed by atoms with Crippen LogP contribution in [0.5, 0.6) is 5.75 Å². The van der Waals surface area contributed by atoms with Gasteiger partial charge in [0.25, 0.3) is 5.91 Å². The second-order valence-electron chi connectivity index (χ2n) is 7.22. The predicted octanol–water partition coefficient (Wildman–Crippen LogP) is 6.11. The summed E-state index contributed by atoms with van der Waals surface area (Å²) >= 11 is 7.73. The lowest BCUT2D eigenvalue weighted by atomic mass is 10.1. The number of amides is 1. The van der Waals surface area contributed by atoms with E-state index >= 15 is 0 Å². The molecule has 0 spiro atoms. The van der Waals surface area contributed by atoms with Crippen LogP contribution in [-0.2, 0) is 11.3 Å². The van der Waals surface area contributed by atoms with Crippen molar-refractivity contribution in [3.05, 3.63) is 95.8 Å². The first-order chi connectivity index (χ1) is 15.7. The summed E-state index contributed by atoms with van der Waals surface area (Å²) in [6.45, 7) is 0.230. The van der Waals surface area contributed by atoms with Gasteiger partial charge in [0.05, 0.1) is 16.3 Å². The van der Waals surface area contributed by atoms with Crippen LogP contribution in [0.2, 0.25) is 5.02 Å². The molecular formula is C25H18ClN3O2S. The molecule has 0 aliphatic rings. The molecule has 0 atom stereocenters. The highest BCUT2D eigenvalue weighted by molar-refractivity contribution is 7.22. The van der Waals surface area contributed by atoms with Crippen molar-refractivity contribution in [2.24, 2.45) is 0 Å². The minimum Gasteiger partial charge on any atom is -0.484 e. The topological polar surface area (TPSA) is 55.3 Å². The second-order valence-corrected chi connectivity index (χ2v) is 8.64. The molecule has 5 nitrogen and oxygen atoms in total. The maximum atomic E-state index is 13.3. The van der Waals surface area contributed by atoms with Crippen LogP contribution in [0, 0.1) is 0 Å². The molecule has 5 rings (SSSR count). The van der Waals surface area contributed by atoms with E-state index in [1.165, 1.54) is 11.3 Å². The molecule has 0 bridgehead atoms. The van der Waals surface area contributed by atoms with Gasteiger partial charge < -0.3 is 4.74 Å². The van der Waals surface area contributed by atoms with Gasteiger partial charge in [0.1, 0.15) is 11.3 Å². The van der Waals surface area contributed by atoms with Crippen LogP contribution >= 0.6 is 22.9 Å². The van der Waals surface area contributed by atoms with E-state index in [-0.39, 0.29) is 12.5 Å². The van der Waals surface area contributed by atoms with E-state index in [0.29, 0.717) is 28.0 Å². The zero-order valence-electron chi connectivity index (χ0n) is 16.9. The summed E-state index contributed by atoms with van der Waals surface area (Å²) in [5, 5.41) is 3.32. The van der Waals surface area contributed by atoms with E-state index in [0.717, 1.165) is 21.0 Å². The Morgan fingerprint density at radius 1 is 1.00 bits per heavy atom. The molecular weight excluding hydrogens is 442 g/mol. The summed E-state index contributed by atoms with van der Waals surface area (Å²) in [6, 6.07) is 23.2. The summed E-state index contributed by atoms with van der Waals surface area (Å²) < 4.78 is 6.78. The number of aromatic nitrogens is 2. The number of benzene rings is 3. The molecule has 5 aromatic rings. The number of anilines is 1. The van der Waals surface area contributed by atoms with Gasteiger partial charge >= 0.3 is 0 Å². The number of nitrogens with zero attached hydrogens (tertiary/aromatic N) is 3. The lowest BCUT2D eigenvalue weighted by molar-refractivity contribution is -0.120. The van der Waals surface area contributed by atoms with Crippen molar-refractivity contribution in [1.82, 2.24) is 9.97 Å². The Morgan fingerprint density at radius 3 is 2.69 bits per heavy atom. The molecule has 0 N–H and O–H groups in total. The van der Waals surface area contributed by atoms with Crippen LogP contribution < -0.4 is 9.64 Å². The zero-order valence-corrected chi connectivity index (χ0v) is 18.5. The predicted molar refractivity (Wildman–Crippen MR) is 130 cm³/mol. The van der Waals surface area contributed by atoms with Gasteiger partial charge in [0, 0.05) is 12.4 Å². The third-order valence-corrected chi connectivity index (χ3v) is 6.39. The molecule has 32 heavy (non-hydrogen) atoms. The molecule has 2 aromatic heterocycles. The second kappa shape index (κ2) is 8.94. The van der Waals surface area contributed by atoms with Crippen molar-refractivity contribution in [2.75, 3.05) is 11.5 Å². The molecule has 0 saturated heterocycles. The number of carbonyl (C=O) groups is 1. The van der Waals surface area contributed by atoms with Crippen LogP contribution in [0.3, 0.4) is 0 Å².